The molecule has 1 aliphatic rings. The maximum Gasteiger partial charge on any atom is 0.263 e. The number of hydrogen-bond acceptors (Lipinski definition) is 4. The molecule has 1 saturated heterocycles. The molecule has 4 nitrogen and oxygen atoms in total. The van der Waals surface area contributed by atoms with E-state index < -0.39 is 0 Å². The number of aromatic nitrogens is 1. The topological polar surface area (TPSA) is 51.2 Å². The highest BCUT2D eigenvalue weighted by molar-refractivity contribution is 7.11. The van der Waals surface area contributed by atoms with Crippen molar-refractivity contribution in [1.82, 2.24) is 10.3 Å². The molecule has 0 saturated carbocycles. The Bertz CT molecular complexity index is 345. The zero-order chi connectivity index (χ0) is 10.7. The molecule has 0 radical (unpaired) electrons. The van der Waals surface area contributed by atoms with Crippen molar-refractivity contribution in [2.24, 2.45) is 5.92 Å². The molecular weight excluding hydrogens is 212 g/mol. The summed E-state index contributed by atoms with van der Waals surface area (Å²) in [4.78, 5) is 16.5. The maximum absolute atomic E-state index is 11.7. The van der Waals surface area contributed by atoms with E-state index in [0.717, 1.165) is 25.3 Å². The molecule has 0 spiro atoms. The molecule has 1 atom stereocenters. The number of nitrogens with one attached hydrogen (secondary N) is 1. The molecule has 15 heavy (non-hydrogen) atoms. The molecule has 1 fully saturated rings. The fourth-order valence-electron chi connectivity index (χ4n) is 1.58. The first-order valence-corrected chi connectivity index (χ1v) is 5.91. The van der Waals surface area contributed by atoms with E-state index in [4.69, 9.17) is 4.74 Å². The first-order chi connectivity index (χ1) is 7.27. The molecule has 2 heterocycles. The number of aryl methyl sites for hydroxylation is 1. The fraction of sp³-hybridized carbons (Fsp3) is 0.600. The van der Waals surface area contributed by atoms with Crippen LogP contribution in [0, 0.1) is 12.8 Å². The number of carbonyl (C=O) groups excluding carboxylic acids is 1. The Balaban J connectivity index is 1.84. The van der Waals surface area contributed by atoms with Gasteiger partial charge in [-0.25, -0.2) is 4.98 Å². The van der Waals surface area contributed by atoms with Crippen LogP contribution in [-0.4, -0.2) is 30.6 Å². The van der Waals surface area contributed by atoms with Crippen LogP contribution in [0.5, 0.6) is 0 Å². The summed E-state index contributed by atoms with van der Waals surface area (Å²) in [6.07, 6.45) is 1.04. The third-order valence-electron chi connectivity index (χ3n) is 2.53. The summed E-state index contributed by atoms with van der Waals surface area (Å²) in [5.41, 5.74) is 2.50. The first-order valence-electron chi connectivity index (χ1n) is 5.03. The summed E-state index contributed by atoms with van der Waals surface area (Å²) < 4.78 is 5.24. The van der Waals surface area contributed by atoms with Gasteiger partial charge in [0.25, 0.3) is 5.91 Å². The van der Waals surface area contributed by atoms with Gasteiger partial charge in [-0.2, -0.15) is 0 Å². The summed E-state index contributed by atoms with van der Waals surface area (Å²) >= 11 is 1.39. The molecule has 1 aromatic rings. The molecule has 1 unspecified atom stereocenters. The van der Waals surface area contributed by atoms with Crippen LogP contribution in [0.3, 0.4) is 0 Å². The second-order valence-corrected chi connectivity index (χ2v) is 4.56. The Labute approximate surface area is 92.7 Å². The van der Waals surface area contributed by atoms with E-state index in [1.807, 2.05) is 6.92 Å². The Morgan fingerprint density at radius 1 is 1.80 bits per heavy atom. The smallest absolute Gasteiger partial charge is 0.263 e. The molecular formula is C10H14N2O2S. The number of ether oxygens (including phenoxy) is 1. The molecule has 0 bridgehead atoms. The number of thiazole rings is 1. The molecule has 0 aliphatic carbocycles. The summed E-state index contributed by atoms with van der Waals surface area (Å²) in [5, 5.41) is 2.92. The normalized spacial score (nSPS) is 20.5. The lowest BCUT2D eigenvalue weighted by Crippen LogP contribution is -2.29. The Hall–Kier alpha value is -0.940. The van der Waals surface area contributed by atoms with Crippen LogP contribution >= 0.6 is 11.3 Å². The maximum atomic E-state index is 11.7. The highest BCUT2D eigenvalue weighted by Crippen LogP contribution is 2.13. The monoisotopic (exact) mass is 226 g/mol. The lowest BCUT2D eigenvalue weighted by molar-refractivity contribution is 0.0948. The van der Waals surface area contributed by atoms with Gasteiger partial charge in [0.2, 0.25) is 0 Å². The van der Waals surface area contributed by atoms with Gasteiger partial charge >= 0.3 is 0 Å². The molecule has 2 rings (SSSR count). The van der Waals surface area contributed by atoms with Crippen LogP contribution in [0.2, 0.25) is 0 Å². The Morgan fingerprint density at radius 3 is 3.27 bits per heavy atom. The van der Waals surface area contributed by atoms with Gasteiger partial charge in [0.05, 0.1) is 17.8 Å². The van der Waals surface area contributed by atoms with Crippen molar-refractivity contribution in [2.45, 2.75) is 13.3 Å². The summed E-state index contributed by atoms with van der Waals surface area (Å²) in [7, 11) is 0. The van der Waals surface area contributed by atoms with Gasteiger partial charge in [-0.3, -0.25) is 4.79 Å². The molecule has 1 N–H and O–H groups in total. The quantitative estimate of drug-likeness (QED) is 0.843. The largest absolute Gasteiger partial charge is 0.381 e. The van der Waals surface area contributed by atoms with Crippen LogP contribution in [-0.2, 0) is 4.74 Å². The summed E-state index contributed by atoms with van der Waals surface area (Å²) in [5.74, 6) is 0.462. The number of hydrogen-bond donors (Lipinski definition) is 1. The molecule has 1 aromatic heterocycles. The van der Waals surface area contributed by atoms with Gasteiger partial charge in [0.15, 0.2) is 0 Å². The van der Waals surface area contributed by atoms with Crippen molar-refractivity contribution in [2.75, 3.05) is 19.8 Å². The molecule has 5 heteroatoms. The van der Waals surface area contributed by atoms with Crippen molar-refractivity contribution < 1.29 is 9.53 Å². The van der Waals surface area contributed by atoms with Gasteiger partial charge in [-0.15, -0.1) is 11.3 Å². The van der Waals surface area contributed by atoms with Gasteiger partial charge in [0.1, 0.15) is 4.88 Å². The lowest BCUT2D eigenvalue weighted by Gasteiger charge is -2.08. The van der Waals surface area contributed by atoms with Crippen LogP contribution in [0.15, 0.2) is 5.51 Å². The first kappa shape index (κ1) is 10.6. The number of nitrogens with zero attached hydrogens (tertiary/aromatic N) is 1. The molecule has 82 valence electrons. The Morgan fingerprint density at radius 2 is 2.67 bits per heavy atom. The van der Waals surface area contributed by atoms with E-state index in [1.54, 1.807) is 5.51 Å². The van der Waals surface area contributed by atoms with E-state index in [2.05, 4.69) is 10.3 Å². The van der Waals surface area contributed by atoms with E-state index >= 15 is 0 Å². The predicted octanol–water partition coefficient (Wildman–Crippen LogP) is 1.22. The predicted molar refractivity (Wildman–Crippen MR) is 58.1 cm³/mol. The third-order valence-corrected chi connectivity index (χ3v) is 3.45. The second kappa shape index (κ2) is 4.72. The molecule has 0 aromatic carbocycles. The highest BCUT2D eigenvalue weighted by Gasteiger charge is 2.18. The molecule has 1 aliphatic heterocycles. The average Bonchev–Trinajstić information content (AvgIpc) is 2.84. The average molecular weight is 226 g/mol. The highest BCUT2D eigenvalue weighted by atomic mass is 32.1. The van der Waals surface area contributed by atoms with Crippen LogP contribution in [0.1, 0.15) is 21.8 Å². The van der Waals surface area contributed by atoms with Crippen molar-refractivity contribution >= 4 is 17.2 Å². The number of amides is 1. The zero-order valence-corrected chi connectivity index (χ0v) is 9.47. The van der Waals surface area contributed by atoms with Crippen LogP contribution < -0.4 is 5.32 Å². The zero-order valence-electron chi connectivity index (χ0n) is 8.66. The number of rotatable bonds is 3. The molecule has 1 amide bonds. The SMILES string of the molecule is Cc1ncsc1C(=O)NCC1CCOC1. The van der Waals surface area contributed by atoms with Gasteiger partial charge < -0.3 is 10.1 Å². The Kier molecular flexibility index (Phi) is 3.33. The van der Waals surface area contributed by atoms with E-state index in [1.165, 1.54) is 11.3 Å². The van der Waals surface area contributed by atoms with Crippen LogP contribution in [0.4, 0.5) is 0 Å². The standard InChI is InChI=1S/C10H14N2O2S/c1-7-9(15-6-12-7)10(13)11-4-8-2-3-14-5-8/h6,8H,2-5H2,1H3,(H,11,13). The van der Waals surface area contributed by atoms with Crippen molar-refractivity contribution in [3.05, 3.63) is 16.1 Å². The summed E-state index contributed by atoms with van der Waals surface area (Å²) in [6.45, 7) is 4.14. The summed E-state index contributed by atoms with van der Waals surface area (Å²) in [6, 6.07) is 0. The van der Waals surface area contributed by atoms with Crippen molar-refractivity contribution in [1.29, 1.82) is 0 Å². The minimum Gasteiger partial charge on any atom is -0.381 e. The van der Waals surface area contributed by atoms with Crippen molar-refractivity contribution in [3.63, 3.8) is 0 Å². The van der Waals surface area contributed by atoms with Crippen molar-refractivity contribution in [3.8, 4) is 0 Å². The third kappa shape index (κ3) is 2.54. The van der Waals surface area contributed by atoms with Gasteiger partial charge in [-0.05, 0) is 13.3 Å². The van der Waals surface area contributed by atoms with Crippen LogP contribution in [0.25, 0.3) is 0 Å². The minimum absolute atomic E-state index is 0.0121. The van der Waals surface area contributed by atoms with E-state index in [-0.39, 0.29) is 5.91 Å². The number of carbonyl (C=O) groups is 1. The minimum atomic E-state index is -0.0121. The second-order valence-electron chi connectivity index (χ2n) is 3.71. The van der Waals surface area contributed by atoms with E-state index in [0.29, 0.717) is 17.3 Å². The fourth-order valence-corrected chi connectivity index (χ4v) is 2.30. The lowest BCUT2D eigenvalue weighted by atomic mass is 10.1. The van der Waals surface area contributed by atoms with Gasteiger partial charge in [-0.1, -0.05) is 0 Å². The van der Waals surface area contributed by atoms with E-state index in [9.17, 15) is 4.79 Å². The van der Waals surface area contributed by atoms with Gasteiger partial charge in [0, 0.05) is 19.1 Å².